The molecule has 1 aliphatic carbocycles. The van der Waals surface area contributed by atoms with Gasteiger partial charge in [0.05, 0.1) is 11.4 Å². The largest absolute Gasteiger partial charge is 0.408 e. The second-order valence-corrected chi connectivity index (χ2v) is 7.05. The average molecular weight is 369 g/mol. The fourth-order valence-corrected chi connectivity index (χ4v) is 3.69. The second-order valence-electron chi connectivity index (χ2n) is 7.05. The van der Waals surface area contributed by atoms with Gasteiger partial charge >= 0.3 is 6.18 Å². The Morgan fingerprint density at radius 2 is 1.96 bits per heavy atom. The molecule has 0 aromatic heterocycles. The number of likely N-dealkylation sites (N-methyl/N-ethyl adjacent to an activating group) is 1. The van der Waals surface area contributed by atoms with Crippen LogP contribution in [0.5, 0.6) is 0 Å². The van der Waals surface area contributed by atoms with Gasteiger partial charge in [-0.15, -0.1) is 0 Å². The Kier molecular flexibility index (Phi) is 4.86. The first kappa shape index (κ1) is 18.5. The number of nitrogens with zero attached hydrogens (tertiary/aromatic N) is 1. The van der Waals surface area contributed by atoms with Crippen molar-refractivity contribution in [1.29, 1.82) is 0 Å². The smallest absolute Gasteiger partial charge is 0.361 e. The molecule has 1 aromatic carbocycles. The molecule has 1 heterocycles. The summed E-state index contributed by atoms with van der Waals surface area (Å²) in [6.07, 6.45) is -2.05. The van der Waals surface area contributed by atoms with Crippen LogP contribution in [-0.4, -0.2) is 37.1 Å². The Labute approximate surface area is 149 Å². The van der Waals surface area contributed by atoms with Crippen molar-refractivity contribution in [2.24, 2.45) is 5.92 Å². The summed E-state index contributed by atoms with van der Waals surface area (Å²) in [4.78, 5) is 26.1. The maximum Gasteiger partial charge on any atom is 0.408 e. The molecular formula is C18H22F3N3O2. The number of alkyl halides is 3. The van der Waals surface area contributed by atoms with E-state index in [1.54, 1.807) is 24.9 Å². The predicted octanol–water partition coefficient (Wildman–Crippen LogP) is 3.31. The van der Waals surface area contributed by atoms with E-state index in [-0.39, 0.29) is 17.5 Å². The Morgan fingerprint density at radius 3 is 2.58 bits per heavy atom. The lowest BCUT2D eigenvalue weighted by atomic mass is 9.97. The fraction of sp³-hybridized carbons (Fsp3) is 0.556. The van der Waals surface area contributed by atoms with Crippen LogP contribution in [-0.2, 0) is 4.79 Å². The van der Waals surface area contributed by atoms with E-state index >= 15 is 0 Å². The van der Waals surface area contributed by atoms with Crippen LogP contribution in [0.4, 0.5) is 24.5 Å². The summed E-state index contributed by atoms with van der Waals surface area (Å²) >= 11 is 0. The number of amides is 2. The highest BCUT2D eigenvalue weighted by atomic mass is 19.4. The molecular weight excluding hydrogens is 347 g/mol. The SMILES string of the molecule is CC1C(=O)Nc2cc(C(=O)NC(C3CCCC3)C(F)(F)F)ccc2N1C. The van der Waals surface area contributed by atoms with Crippen LogP contribution in [0.2, 0.25) is 0 Å². The van der Waals surface area contributed by atoms with Gasteiger partial charge in [0, 0.05) is 12.6 Å². The van der Waals surface area contributed by atoms with Crippen LogP contribution in [0, 0.1) is 5.92 Å². The molecule has 0 bridgehead atoms. The molecule has 1 aliphatic heterocycles. The van der Waals surface area contributed by atoms with Crippen LogP contribution in [0.25, 0.3) is 0 Å². The summed E-state index contributed by atoms with van der Waals surface area (Å²) < 4.78 is 40.2. The van der Waals surface area contributed by atoms with Crippen molar-refractivity contribution in [2.75, 3.05) is 17.3 Å². The van der Waals surface area contributed by atoms with Gasteiger partial charge in [-0.25, -0.2) is 0 Å². The van der Waals surface area contributed by atoms with Gasteiger partial charge < -0.3 is 15.5 Å². The zero-order valence-corrected chi connectivity index (χ0v) is 14.7. The highest BCUT2D eigenvalue weighted by Gasteiger charge is 2.46. The molecule has 3 rings (SSSR count). The Hall–Kier alpha value is -2.25. The molecule has 26 heavy (non-hydrogen) atoms. The maximum atomic E-state index is 13.4. The van der Waals surface area contributed by atoms with E-state index in [0.717, 1.165) is 18.5 Å². The van der Waals surface area contributed by atoms with Crippen molar-refractivity contribution in [3.8, 4) is 0 Å². The van der Waals surface area contributed by atoms with Crippen LogP contribution in [0.15, 0.2) is 18.2 Å². The molecule has 2 aliphatic rings. The van der Waals surface area contributed by atoms with Gasteiger partial charge in [0.2, 0.25) is 5.91 Å². The van der Waals surface area contributed by atoms with Crippen molar-refractivity contribution in [1.82, 2.24) is 5.32 Å². The number of nitrogens with one attached hydrogen (secondary N) is 2. The van der Waals surface area contributed by atoms with Crippen LogP contribution >= 0.6 is 0 Å². The highest BCUT2D eigenvalue weighted by Crippen LogP contribution is 2.36. The molecule has 5 nitrogen and oxygen atoms in total. The predicted molar refractivity (Wildman–Crippen MR) is 92.2 cm³/mol. The van der Waals surface area contributed by atoms with Crippen molar-refractivity contribution >= 4 is 23.2 Å². The molecule has 2 unspecified atom stereocenters. The molecule has 1 aromatic rings. The number of anilines is 2. The summed E-state index contributed by atoms with van der Waals surface area (Å²) in [6, 6.07) is 2.34. The molecule has 142 valence electrons. The van der Waals surface area contributed by atoms with E-state index in [2.05, 4.69) is 10.6 Å². The molecule has 0 spiro atoms. The van der Waals surface area contributed by atoms with Crippen molar-refractivity contribution in [3.63, 3.8) is 0 Å². The van der Waals surface area contributed by atoms with Gasteiger partial charge in [0.25, 0.3) is 5.91 Å². The molecule has 1 saturated carbocycles. The summed E-state index contributed by atoms with van der Waals surface area (Å²) in [5, 5.41) is 4.85. The first-order chi connectivity index (χ1) is 12.2. The summed E-state index contributed by atoms with van der Waals surface area (Å²) in [7, 11) is 1.75. The third-order valence-corrected chi connectivity index (χ3v) is 5.37. The molecule has 2 amide bonds. The number of carbonyl (C=O) groups is 2. The zero-order valence-electron chi connectivity index (χ0n) is 14.7. The highest BCUT2D eigenvalue weighted by molar-refractivity contribution is 6.05. The van der Waals surface area contributed by atoms with Gasteiger partial charge in [0.1, 0.15) is 12.1 Å². The van der Waals surface area contributed by atoms with Crippen LogP contribution in [0.3, 0.4) is 0 Å². The number of hydrogen-bond donors (Lipinski definition) is 2. The normalized spacial score (nSPS) is 22.0. The first-order valence-electron chi connectivity index (χ1n) is 8.74. The van der Waals surface area contributed by atoms with Gasteiger partial charge in [-0.05, 0) is 43.9 Å². The van der Waals surface area contributed by atoms with E-state index in [0.29, 0.717) is 18.5 Å². The average Bonchev–Trinajstić information content (AvgIpc) is 3.10. The second kappa shape index (κ2) is 6.81. The molecule has 2 atom stereocenters. The summed E-state index contributed by atoms with van der Waals surface area (Å²) in [6.45, 7) is 1.74. The van der Waals surface area contributed by atoms with Gasteiger partial charge in [0.15, 0.2) is 0 Å². The van der Waals surface area contributed by atoms with E-state index in [1.807, 2.05) is 0 Å². The van der Waals surface area contributed by atoms with E-state index in [9.17, 15) is 22.8 Å². The Bertz CT molecular complexity index is 714. The number of benzene rings is 1. The minimum atomic E-state index is -4.48. The van der Waals surface area contributed by atoms with Gasteiger partial charge in [-0.3, -0.25) is 9.59 Å². The Balaban J connectivity index is 1.81. The topological polar surface area (TPSA) is 61.4 Å². The molecule has 1 fully saturated rings. The number of carbonyl (C=O) groups excluding carboxylic acids is 2. The summed E-state index contributed by atoms with van der Waals surface area (Å²) in [5.74, 6) is -1.59. The zero-order chi connectivity index (χ0) is 19.1. The summed E-state index contributed by atoms with van der Waals surface area (Å²) in [5.41, 5.74) is 1.24. The molecule has 2 N–H and O–H groups in total. The van der Waals surface area contributed by atoms with Gasteiger partial charge in [-0.2, -0.15) is 13.2 Å². The molecule has 0 saturated heterocycles. The lowest BCUT2D eigenvalue weighted by Gasteiger charge is -2.33. The van der Waals surface area contributed by atoms with E-state index in [4.69, 9.17) is 0 Å². The van der Waals surface area contributed by atoms with E-state index in [1.165, 1.54) is 12.1 Å². The monoisotopic (exact) mass is 369 g/mol. The quantitative estimate of drug-likeness (QED) is 0.859. The van der Waals surface area contributed by atoms with E-state index < -0.39 is 24.0 Å². The minimum Gasteiger partial charge on any atom is -0.361 e. The van der Waals surface area contributed by atoms with Crippen molar-refractivity contribution < 1.29 is 22.8 Å². The number of fused-ring (bicyclic) bond motifs is 1. The molecule has 0 radical (unpaired) electrons. The maximum absolute atomic E-state index is 13.4. The third-order valence-electron chi connectivity index (χ3n) is 5.37. The Morgan fingerprint density at radius 1 is 1.31 bits per heavy atom. The van der Waals surface area contributed by atoms with Gasteiger partial charge in [-0.1, -0.05) is 12.8 Å². The first-order valence-corrected chi connectivity index (χ1v) is 8.74. The lowest BCUT2D eigenvalue weighted by molar-refractivity contribution is -0.164. The number of hydrogen-bond acceptors (Lipinski definition) is 3. The number of halogens is 3. The fourth-order valence-electron chi connectivity index (χ4n) is 3.69. The third kappa shape index (κ3) is 3.50. The van der Waals surface area contributed by atoms with Crippen LogP contribution in [0.1, 0.15) is 43.0 Å². The van der Waals surface area contributed by atoms with Crippen LogP contribution < -0.4 is 15.5 Å². The number of rotatable bonds is 3. The lowest BCUT2D eigenvalue weighted by Crippen LogP contribution is -2.49. The van der Waals surface area contributed by atoms with Crippen molar-refractivity contribution in [3.05, 3.63) is 23.8 Å². The van der Waals surface area contributed by atoms with Crippen molar-refractivity contribution in [2.45, 2.75) is 50.9 Å². The minimum absolute atomic E-state index is 0.0965. The standard InChI is InChI=1S/C18H22F3N3O2/c1-10-16(25)22-13-9-12(7-8-14(13)24(10)2)17(26)23-15(18(19,20)21)11-5-3-4-6-11/h7-11,15H,3-6H2,1-2H3,(H,22,25)(H,23,26). The molecule has 8 heteroatoms.